The predicted octanol–water partition coefficient (Wildman–Crippen LogP) is 2.94. The Morgan fingerprint density at radius 1 is 1.19 bits per heavy atom. The average molecular weight is 301 g/mol. The molecular formula is C15H15N3O2S. The average Bonchev–Trinajstić information content (AvgIpc) is 2.90. The van der Waals surface area contributed by atoms with Gasteiger partial charge in [-0.3, -0.25) is 4.40 Å². The Bertz CT molecular complexity index is 770. The van der Waals surface area contributed by atoms with Gasteiger partial charge in [0, 0.05) is 16.7 Å². The zero-order chi connectivity index (χ0) is 14.8. The van der Waals surface area contributed by atoms with Crippen LogP contribution in [-0.2, 0) is 0 Å². The summed E-state index contributed by atoms with van der Waals surface area (Å²) in [5.74, 6) is 0.670. The molecule has 0 aliphatic heterocycles. The number of aliphatic hydroxyl groups is 1. The van der Waals surface area contributed by atoms with Gasteiger partial charge in [-0.15, -0.1) is 10.2 Å². The second kappa shape index (κ2) is 5.75. The maximum absolute atomic E-state index is 10.0. The first kappa shape index (κ1) is 13.9. The molecule has 0 amide bonds. The highest BCUT2D eigenvalue weighted by atomic mass is 32.2. The lowest BCUT2D eigenvalue weighted by atomic mass is 10.1. The van der Waals surface area contributed by atoms with Crippen LogP contribution in [0.4, 0.5) is 0 Å². The number of hydrogen-bond donors (Lipinski definition) is 1. The zero-order valence-corrected chi connectivity index (χ0v) is 12.5. The second-order valence-corrected chi connectivity index (χ2v) is 5.57. The van der Waals surface area contributed by atoms with Gasteiger partial charge in [-0.2, -0.15) is 0 Å². The lowest BCUT2D eigenvalue weighted by Gasteiger charge is -2.15. The molecule has 1 N–H and O–H groups in total. The van der Waals surface area contributed by atoms with Crippen molar-refractivity contribution in [2.75, 3.05) is 7.11 Å². The van der Waals surface area contributed by atoms with E-state index >= 15 is 0 Å². The lowest BCUT2D eigenvalue weighted by molar-refractivity contribution is 0.191. The van der Waals surface area contributed by atoms with E-state index in [-0.39, 0.29) is 0 Å². The van der Waals surface area contributed by atoms with E-state index in [0.717, 1.165) is 21.3 Å². The molecule has 0 saturated heterocycles. The summed E-state index contributed by atoms with van der Waals surface area (Å²) in [6.07, 6.45) is 1.29. The molecule has 0 aliphatic carbocycles. The SMILES string of the molecule is COc1cccc(Sc2nnc3ccccn23)c1C(C)O. The third-order valence-electron chi connectivity index (χ3n) is 3.15. The number of benzene rings is 1. The molecule has 2 heterocycles. The lowest BCUT2D eigenvalue weighted by Crippen LogP contribution is -1.99. The van der Waals surface area contributed by atoms with Gasteiger partial charge in [0.25, 0.3) is 0 Å². The first-order chi connectivity index (χ1) is 10.2. The van der Waals surface area contributed by atoms with Crippen molar-refractivity contribution in [3.63, 3.8) is 0 Å². The standard InChI is InChI=1S/C15H15N3O2S/c1-10(19)14-11(20-2)6-5-7-12(14)21-15-17-16-13-8-3-4-9-18(13)15/h3-10,19H,1-2H3. The molecule has 0 saturated carbocycles. The van der Waals surface area contributed by atoms with Gasteiger partial charge in [-0.25, -0.2) is 0 Å². The molecule has 108 valence electrons. The number of pyridine rings is 1. The highest BCUT2D eigenvalue weighted by Gasteiger charge is 2.17. The van der Waals surface area contributed by atoms with Crippen LogP contribution in [0, 0.1) is 0 Å². The molecule has 2 aromatic heterocycles. The molecule has 0 spiro atoms. The molecule has 0 fully saturated rings. The molecule has 1 atom stereocenters. The maximum atomic E-state index is 10.0. The summed E-state index contributed by atoms with van der Waals surface area (Å²) >= 11 is 1.46. The van der Waals surface area contributed by atoms with E-state index in [2.05, 4.69) is 10.2 Å². The summed E-state index contributed by atoms with van der Waals surface area (Å²) in [6.45, 7) is 1.73. The number of methoxy groups -OCH3 is 1. The maximum Gasteiger partial charge on any atom is 0.200 e. The minimum absolute atomic E-state index is 0.622. The van der Waals surface area contributed by atoms with Crippen molar-refractivity contribution in [2.45, 2.75) is 23.1 Å². The van der Waals surface area contributed by atoms with Gasteiger partial charge in [0.2, 0.25) is 0 Å². The molecular weight excluding hydrogens is 286 g/mol. The molecule has 3 rings (SSSR count). The minimum atomic E-state index is -0.622. The normalized spacial score (nSPS) is 12.5. The smallest absolute Gasteiger partial charge is 0.200 e. The number of aromatic nitrogens is 3. The van der Waals surface area contributed by atoms with Crippen LogP contribution in [0.1, 0.15) is 18.6 Å². The molecule has 21 heavy (non-hydrogen) atoms. The first-order valence-electron chi connectivity index (χ1n) is 6.53. The number of hydrogen-bond acceptors (Lipinski definition) is 5. The third kappa shape index (κ3) is 2.59. The van der Waals surface area contributed by atoms with Gasteiger partial charge in [0.1, 0.15) is 5.75 Å². The Kier molecular flexibility index (Phi) is 3.81. The van der Waals surface area contributed by atoms with Gasteiger partial charge < -0.3 is 9.84 Å². The summed E-state index contributed by atoms with van der Waals surface area (Å²) < 4.78 is 7.25. The Morgan fingerprint density at radius 2 is 2.05 bits per heavy atom. The van der Waals surface area contributed by atoms with Crippen LogP contribution in [0.5, 0.6) is 5.75 Å². The van der Waals surface area contributed by atoms with Crippen LogP contribution in [0.2, 0.25) is 0 Å². The third-order valence-corrected chi connectivity index (χ3v) is 4.18. The van der Waals surface area contributed by atoms with Crippen molar-refractivity contribution in [1.29, 1.82) is 0 Å². The number of ether oxygens (including phenoxy) is 1. The Hall–Kier alpha value is -2.05. The van der Waals surface area contributed by atoms with Gasteiger partial charge in [0.05, 0.1) is 13.2 Å². The van der Waals surface area contributed by atoms with E-state index in [1.165, 1.54) is 11.8 Å². The topological polar surface area (TPSA) is 59.7 Å². The Labute approximate surface area is 126 Å². The fourth-order valence-corrected chi connectivity index (χ4v) is 3.25. The summed E-state index contributed by atoms with van der Waals surface area (Å²) in [5.41, 5.74) is 1.55. The molecule has 0 aliphatic rings. The highest BCUT2D eigenvalue weighted by molar-refractivity contribution is 7.99. The van der Waals surface area contributed by atoms with Crippen LogP contribution in [0.25, 0.3) is 5.65 Å². The van der Waals surface area contributed by atoms with Crippen molar-refractivity contribution in [2.24, 2.45) is 0 Å². The molecule has 0 bridgehead atoms. The highest BCUT2D eigenvalue weighted by Crippen LogP contribution is 2.37. The van der Waals surface area contributed by atoms with Crippen molar-refractivity contribution in [1.82, 2.24) is 14.6 Å². The Morgan fingerprint density at radius 3 is 2.81 bits per heavy atom. The number of aliphatic hydroxyl groups excluding tert-OH is 1. The number of nitrogens with zero attached hydrogens (tertiary/aromatic N) is 3. The van der Waals surface area contributed by atoms with Crippen molar-refractivity contribution in [3.8, 4) is 5.75 Å². The largest absolute Gasteiger partial charge is 0.496 e. The zero-order valence-electron chi connectivity index (χ0n) is 11.7. The van der Waals surface area contributed by atoms with E-state index in [1.54, 1.807) is 14.0 Å². The van der Waals surface area contributed by atoms with Crippen LogP contribution in [-0.4, -0.2) is 26.8 Å². The Balaban J connectivity index is 2.05. The fraction of sp³-hybridized carbons (Fsp3) is 0.200. The quantitative estimate of drug-likeness (QED) is 0.803. The second-order valence-electron chi connectivity index (χ2n) is 4.56. The van der Waals surface area contributed by atoms with Crippen molar-refractivity contribution < 1.29 is 9.84 Å². The molecule has 0 radical (unpaired) electrons. The van der Waals surface area contributed by atoms with Crippen LogP contribution >= 0.6 is 11.8 Å². The van der Waals surface area contributed by atoms with Gasteiger partial charge in [0.15, 0.2) is 10.8 Å². The summed E-state index contributed by atoms with van der Waals surface area (Å²) in [4.78, 5) is 0.905. The fourth-order valence-electron chi connectivity index (χ4n) is 2.19. The minimum Gasteiger partial charge on any atom is -0.496 e. The van der Waals surface area contributed by atoms with Crippen molar-refractivity contribution in [3.05, 3.63) is 48.2 Å². The van der Waals surface area contributed by atoms with Crippen LogP contribution < -0.4 is 4.74 Å². The molecule has 3 aromatic rings. The first-order valence-corrected chi connectivity index (χ1v) is 7.35. The van der Waals surface area contributed by atoms with E-state index in [0.29, 0.717) is 5.75 Å². The summed E-state index contributed by atoms with van der Waals surface area (Å²) in [7, 11) is 1.60. The molecule has 5 nitrogen and oxygen atoms in total. The van der Waals surface area contributed by atoms with E-state index in [1.807, 2.05) is 47.0 Å². The molecule has 6 heteroatoms. The van der Waals surface area contributed by atoms with E-state index < -0.39 is 6.10 Å². The summed E-state index contributed by atoms with van der Waals surface area (Å²) in [5, 5.41) is 19.1. The van der Waals surface area contributed by atoms with Gasteiger partial charge in [-0.1, -0.05) is 12.1 Å². The summed E-state index contributed by atoms with van der Waals surface area (Å²) in [6, 6.07) is 11.4. The number of rotatable bonds is 4. The van der Waals surface area contributed by atoms with Crippen LogP contribution in [0.3, 0.4) is 0 Å². The number of fused-ring (bicyclic) bond motifs is 1. The van der Waals surface area contributed by atoms with E-state index in [9.17, 15) is 5.11 Å². The van der Waals surface area contributed by atoms with Crippen molar-refractivity contribution >= 4 is 17.4 Å². The van der Waals surface area contributed by atoms with Gasteiger partial charge >= 0.3 is 0 Å². The van der Waals surface area contributed by atoms with E-state index in [4.69, 9.17) is 4.74 Å². The predicted molar refractivity (Wildman–Crippen MR) is 80.7 cm³/mol. The molecule has 1 aromatic carbocycles. The van der Waals surface area contributed by atoms with Gasteiger partial charge in [-0.05, 0) is 43.0 Å². The monoisotopic (exact) mass is 301 g/mol. The molecule has 1 unspecified atom stereocenters. The van der Waals surface area contributed by atoms with Crippen LogP contribution in [0.15, 0.2) is 52.6 Å².